The largest absolute Gasteiger partial charge is 0.338 e. The van der Waals surface area contributed by atoms with Gasteiger partial charge in [-0.2, -0.15) is 5.10 Å². The third kappa shape index (κ3) is 4.35. The molecule has 9 heteroatoms. The van der Waals surface area contributed by atoms with Gasteiger partial charge in [0.25, 0.3) is 0 Å². The van der Waals surface area contributed by atoms with Gasteiger partial charge in [0.1, 0.15) is 11.3 Å². The lowest BCUT2D eigenvalue weighted by Gasteiger charge is -2.20. The summed E-state index contributed by atoms with van der Waals surface area (Å²) in [7, 11) is 0. The molecule has 0 radical (unpaired) electrons. The van der Waals surface area contributed by atoms with E-state index in [1.54, 1.807) is 12.4 Å². The summed E-state index contributed by atoms with van der Waals surface area (Å²) in [5.41, 5.74) is 8.00. The van der Waals surface area contributed by atoms with Gasteiger partial charge in [0.2, 0.25) is 5.91 Å². The van der Waals surface area contributed by atoms with E-state index in [1.165, 1.54) is 6.42 Å². The molecule has 5 heterocycles. The van der Waals surface area contributed by atoms with Crippen LogP contribution >= 0.6 is 0 Å². The molecule has 0 unspecified atom stereocenters. The van der Waals surface area contributed by atoms with Gasteiger partial charge >= 0.3 is 0 Å². The fraction of sp³-hybridized carbons (Fsp3) is 0.233. The molecule has 3 N–H and O–H groups in total. The summed E-state index contributed by atoms with van der Waals surface area (Å²) < 4.78 is 2.00. The standard InChI is InChI=1S/C30H28N8O/c1-18-16-38(17-33-18)27-9-10-32-29-24(27)13-26(35-29)28-23-12-20(7-8-25(23)36-37-28)21-11-22(15-31-14-21)34-30(39)19-5-3-2-4-6-19/h7-17,19H,2-6H2,1H3,(H,32,35)(H,34,39)(H,36,37). The van der Waals surface area contributed by atoms with E-state index in [0.29, 0.717) is 0 Å². The van der Waals surface area contributed by atoms with Crippen molar-refractivity contribution in [2.45, 2.75) is 39.0 Å². The minimum atomic E-state index is 0.0939. The number of amides is 1. The Morgan fingerprint density at radius 2 is 1.90 bits per heavy atom. The first-order chi connectivity index (χ1) is 19.1. The van der Waals surface area contributed by atoms with Gasteiger partial charge in [0, 0.05) is 40.8 Å². The molecule has 0 aliphatic heterocycles. The van der Waals surface area contributed by atoms with E-state index in [4.69, 9.17) is 0 Å². The second kappa shape index (κ2) is 9.50. The van der Waals surface area contributed by atoms with Crippen LogP contribution in [0.2, 0.25) is 0 Å². The Kier molecular flexibility index (Phi) is 5.69. The number of imidazole rings is 1. The van der Waals surface area contributed by atoms with Crippen molar-refractivity contribution in [2.24, 2.45) is 5.92 Å². The molecule has 1 aliphatic carbocycles. The van der Waals surface area contributed by atoms with Crippen molar-refractivity contribution in [3.05, 3.63) is 73.2 Å². The minimum absolute atomic E-state index is 0.0939. The molecule has 0 bridgehead atoms. The van der Waals surface area contributed by atoms with E-state index in [-0.39, 0.29) is 11.8 Å². The summed E-state index contributed by atoms with van der Waals surface area (Å²) in [6.45, 7) is 1.97. The number of rotatable bonds is 5. The normalized spacial score (nSPS) is 14.3. The maximum atomic E-state index is 12.8. The van der Waals surface area contributed by atoms with Crippen molar-refractivity contribution in [3.8, 4) is 28.2 Å². The first-order valence-electron chi connectivity index (χ1n) is 13.4. The van der Waals surface area contributed by atoms with Crippen LogP contribution in [0.5, 0.6) is 0 Å². The molecule has 1 aromatic carbocycles. The number of nitrogens with zero attached hydrogens (tertiary/aromatic N) is 5. The van der Waals surface area contributed by atoms with Gasteiger partial charge < -0.3 is 14.9 Å². The van der Waals surface area contributed by atoms with E-state index in [2.05, 4.69) is 47.6 Å². The zero-order valence-corrected chi connectivity index (χ0v) is 21.6. The molecule has 194 valence electrons. The Morgan fingerprint density at radius 3 is 2.74 bits per heavy atom. The fourth-order valence-corrected chi connectivity index (χ4v) is 5.59. The van der Waals surface area contributed by atoms with Crippen molar-refractivity contribution < 1.29 is 4.79 Å². The molecule has 1 aliphatic rings. The molecular weight excluding hydrogens is 488 g/mol. The number of hydrogen-bond acceptors (Lipinski definition) is 5. The topological polar surface area (TPSA) is 117 Å². The van der Waals surface area contributed by atoms with Crippen molar-refractivity contribution in [1.82, 2.24) is 34.7 Å². The summed E-state index contributed by atoms with van der Waals surface area (Å²) in [5, 5.41) is 12.8. The number of anilines is 1. The van der Waals surface area contributed by atoms with Gasteiger partial charge in [-0.15, -0.1) is 0 Å². The van der Waals surface area contributed by atoms with Crippen molar-refractivity contribution in [2.75, 3.05) is 5.32 Å². The van der Waals surface area contributed by atoms with E-state index < -0.39 is 0 Å². The highest BCUT2D eigenvalue weighted by Gasteiger charge is 2.21. The zero-order chi connectivity index (χ0) is 26.3. The van der Waals surface area contributed by atoms with Gasteiger partial charge in [0.15, 0.2) is 0 Å². The van der Waals surface area contributed by atoms with Crippen LogP contribution < -0.4 is 5.32 Å². The van der Waals surface area contributed by atoms with E-state index in [0.717, 1.165) is 87.2 Å². The Balaban J connectivity index is 1.22. The van der Waals surface area contributed by atoms with Crippen LogP contribution in [0, 0.1) is 12.8 Å². The average Bonchev–Trinajstić information content (AvgIpc) is 3.71. The third-order valence-electron chi connectivity index (χ3n) is 7.63. The quantitative estimate of drug-likeness (QED) is 0.253. The number of aromatic nitrogens is 7. The Labute approximate surface area is 224 Å². The molecular formula is C30H28N8O. The van der Waals surface area contributed by atoms with Crippen LogP contribution in [0.15, 0.2) is 67.5 Å². The molecule has 5 aromatic heterocycles. The highest BCUT2D eigenvalue weighted by atomic mass is 16.1. The Morgan fingerprint density at radius 1 is 1.00 bits per heavy atom. The number of aryl methyl sites for hydroxylation is 1. The van der Waals surface area contributed by atoms with Crippen LogP contribution in [0.1, 0.15) is 37.8 Å². The van der Waals surface area contributed by atoms with Gasteiger partial charge in [-0.25, -0.2) is 9.97 Å². The van der Waals surface area contributed by atoms with Crippen LogP contribution in [0.4, 0.5) is 5.69 Å². The molecule has 0 atom stereocenters. The Bertz CT molecular complexity index is 1820. The lowest BCUT2D eigenvalue weighted by molar-refractivity contribution is -0.120. The minimum Gasteiger partial charge on any atom is -0.338 e. The number of carbonyl (C=O) groups excluding carboxylic acids is 1. The molecule has 1 saturated carbocycles. The predicted octanol–water partition coefficient (Wildman–Crippen LogP) is 6.18. The Hall–Kier alpha value is -4.79. The number of nitrogens with one attached hydrogen (secondary N) is 3. The third-order valence-corrected chi connectivity index (χ3v) is 7.63. The summed E-state index contributed by atoms with van der Waals surface area (Å²) in [4.78, 5) is 29.6. The smallest absolute Gasteiger partial charge is 0.227 e. The first-order valence-corrected chi connectivity index (χ1v) is 13.4. The molecule has 0 spiro atoms. The van der Waals surface area contributed by atoms with Gasteiger partial charge in [-0.1, -0.05) is 25.3 Å². The van der Waals surface area contributed by atoms with Gasteiger partial charge in [0.05, 0.1) is 40.8 Å². The molecule has 7 rings (SSSR count). The monoisotopic (exact) mass is 516 g/mol. The lowest BCUT2D eigenvalue weighted by atomic mass is 9.88. The first kappa shape index (κ1) is 23.3. The number of carbonyl (C=O) groups is 1. The zero-order valence-electron chi connectivity index (χ0n) is 21.6. The maximum absolute atomic E-state index is 12.8. The highest BCUT2D eigenvalue weighted by molar-refractivity contribution is 5.99. The maximum Gasteiger partial charge on any atom is 0.227 e. The molecule has 1 amide bonds. The molecule has 39 heavy (non-hydrogen) atoms. The lowest BCUT2D eigenvalue weighted by Crippen LogP contribution is -2.24. The second-order valence-electron chi connectivity index (χ2n) is 10.3. The number of benzene rings is 1. The van der Waals surface area contributed by atoms with Crippen LogP contribution in [-0.4, -0.2) is 40.6 Å². The highest BCUT2D eigenvalue weighted by Crippen LogP contribution is 2.33. The second-order valence-corrected chi connectivity index (χ2v) is 10.3. The average molecular weight is 517 g/mol. The fourth-order valence-electron chi connectivity index (χ4n) is 5.59. The number of fused-ring (bicyclic) bond motifs is 2. The molecule has 9 nitrogen and oxygen atoms in total. The predicted molar refractivity (Wildman–Crippen MR) is 151 cm³/mol. The number of aromatic amines is 2. The van der Waals surface area contributed by atoms with Crippen LogP contribution in [0.3, 0.4) is 0 Å². The molecule has 1 fully saturated rings. The molecule has 0 saturated heterocycles. The van der Waals surface area contributed by atoms with Crippen molar-refractivity contribution in [1.29, 1.82) is 0 Å². The van der Waals surface area contributed by atoms with E-state index in [9.17, 15) is 4.79 Å². The number of pyridine rings is 2. The van der Waals surface area contributed by atoms with Crippen molar-refractivity contribution in [3.63, 3.8) is 0 Å². The SMILES string of the molecule is Cc1cn(-c2ccnc3[nH]c(-c4n[nH]c5ccc(-c6cncc(NC(=O)C7CCCCC7)c6)cc45)cc23)cn1. The summed E-state index contributed by atoms with van der Waals surface area (Å²) in [5.74, 6) is 0.190. The summed E-state index contributed by atoms with van der Waals surface area (Å²) in [6.07, 6.45) is 14.5. The summed E-state index contributed by atoms with van der Waals surface area (Å²) >= 11 is 0. The van der Waals surface area contributed by atoms with Crippen LogP contribution in [-0.2, 0) is 4.79 Å². The van der Waals surface area contributed by atoms with E-state index >= 15 is 0 Å². The van der Waals surface area contributed by atoms with Crippen LogP contribution in [0.25, 0.3) is 50.1 Å². The summed E-state index contributed by atoms with van der Waals surface area (Å²) in [6, 6.07) is 12.2. The van der Waals surface area contributed by atoms with Gasteiger partial charge in [-0.3, -0.25) is 14.9 Å². The van der Waals surface area contributed by atoms with Gasteiger partial charge in [-0.05, 0) is 55.7 Å². The van der Waals surface area contributed by atoms with E-state index in [1.807, 2.05) is 54.5 Å². The number of H-pyrrole nitrogens is 2. The molecule has 6 aromatic rings. The number of hydrogen-bond donors (Lipinski definition) is 3. The van der Waals surface area contributed by atoms with Crippen molar-refractivity contribution >= 4 is 33.5 Å².